The van der Waals surface area contributed by atoms with Crippen molar-refractivity contribution in [2.45, 2.75) is 39.7 Å². The van der Waals surface area contributed by atoms with Crippen molar-refractivity contribution in [3.63, 3.8) is 0 Å². The summed E-state index contributed by atoms with van der Waals surface area (Å²) in [6.07, 6.45) is 3.32. The van der Waals surface area contributed by atoms with Crippen LogP contribution in [0.25, 0.3) is 0 Å². The van der Waals surface area contributed by atoms with Crippen LogP contribution in [-0.2, 0) is 0 Å². The number of benzene rings is 1. The van der Waals surface area contributed by atoms with E-state index in [4.69, 9.17) is 5.73 Å². The van der Waals surface area contributed by atoms with Crippen LogP contribution in [0.4, 0.5) is 0 Å². The molecule has 1 saturated heterocycles. The number of hydrogen-bond acceptors (Lipinski definition) is 3. The number of primary amides is 1. The predicted octanol–water partition coefficient (Wildman–Crippen LogP) is 3.08. The summed E-state index contributed by atoms with van der Waals surface area (Å²) in [4.78, 5) is 30.4. The lowest BCUT2D eigenvalue weighted by Crippen LogP contribution is -2.32. The molecule has 25 heavy (non-hydrogen) atoms. The second-order valence-electron chi connectivity index (χ2n) is 6.69. The predicted molar refractivity (Wildman–Crippen MR) is 96.4 cm³/mol. The van der Waals surface area contributed by atoms with E-state index >= 15 is 0 Å². The van der Waals surface area contributed by atoms with Gasteiger partial charge in [-0.2, -0.15) is 0 Å². The highest BCUT2D eigenvalue weighted by atomic mass is 16.2. The van der Waals surface area contributed by atoms with Gasteiger partial charge in [0.25, 0.3) is 11.8 Å². The largest absolute Gasteiger partial charge is 0.366 e. The Morgan fingerprint density at radius 2 is 1.96 bits per heavy atom. The summed E-state index contributed by atoms with van der Waals surface area (Å²) in [5.74, 6) is -0.624. The standard InChI is InChI=1S/C20H23N3O2/c1-12-6-4-7-15(14(12)3)18-8-5-9-23(18)20(25)17-10-13(2)16(11-22-17)19(21)24/h4,6-7,10-11,18H,5,8-9H2,1-3H3,(H2,21,24). The first kappa shape index (κ1) is 17.1. The average Bonchev–Trinajstić information content (AvgIpc) is 3.05. The summed E-state index contributed by atoms with van der Waals surface area (Å²) in [6, 6.07) is 7.97. The van der Waals surface area contributed by atoms with Gasteiger partial charge in [-0.1, -0.05) is 18.2 Å². The van der Waals surface area contributed by atoms with E-state index in [0.29, 0.717) is 16.8 Å². The van der Waals surface area contributed by atoms with Crippen LogP contribution in [0.15, 0.2) is 30.5 Å². The Hall–Kier alpha value is -2.69. The topological polar surface area (TPSA) is 76.3 Å². The molecule has 0 spiro atoms. The van der Waals surface area contributed by atoms with E-state index in [-0.39, 0.29) is 11.9 Å². The van der Waals surface area contributed by atoms with Crippen molar-refractivity contribution in [3.8, 4) is 0 Å². The molecule has 0 aliphatic carbocycles. The third-order valence-electron chi connectivity index (χ3n) is 5.11. The van der Waals surface area contributed by atoms with E-state index in [1.807, 2.05) is 11.0 Å². The first-order chi connectivity index (χ1) is 11.9. The SMILES string of the molecule is Cc1cc(C(=O)N2CCCC2c2cccc(C)c2C)ncc1C(N)=O. The molecule has 1 unspecified atom stereocenters. The number of pyridine rings is 1. The summed E-state index contributed by atoms with van der Waals surface area (Å²) in [7, 11) is 0. The van der Waals surface area contributed by atoms with Crippen LogP contribution in [0.3, 0.4) is 0 Å². The van der Waals surface area contributed by atoms with E-state index in [1.54, 1.807) is 13.0 Å². The highest BCUT2D eigenvalue weighted by Crippen LogP contribution is 2.35. The molecular formula is C20H23N3O2. The van der Waals surface area contributed by atoms with Crippen LogP contribution < -0.4 is 5.73 Å². The van der Waals surface area contributed by atoms with Crippen molar-refractivity contribution in [1.29, 1.82) is 0 Å². The molecule has 2 aromatic rings. The van der Waals surface area contributed by atoms with E-state index in [0.717, 1.165) is 19.4 Å². The van der Waals surface area contributed by atoms with Crippen LogP contribution in [0, 0.1) is 20.8 Å². The fourth-order valence-electron chi connectivity index (χ4n) is 3.55. The molecule has 0 saturated carbocycles. The first-order valence-electron chi connectivity index (χ1n) is 8.53. The molecule has 0 bridgehead atoms. The zero-order valence-corrected chi connectivity index (χ0v) is 14.9. The molecule has 1 aromatic heterocycles. The molecule has 0 radical (unpaired) electrons. The number of hydrogen-bond donors (Lipinski definition) is 1. The maximum absolute atomic E-state index is 13.0. The molecule has 5 nitrogen and oxygen atoms in total. The average molecular weight is 337 g/mol. The summed E-state index contributed by atoms with van der Waals surface area (Å²) in [5, 5.41) is 0. The lowest BCUT2D eigenvalue weighted by atomic mass is 9.96. The molecule has 1 atom stereocenters. The lowest BCUT2D eigenvalue weighted by Gasteiger charge is -2.26. The lowest BCUT2D eigenvalue weighted by molar-refractivity contribution is 0.0728. The fraction of sp³-hybridized carbons (Fsp3) is 0.350. The van der Waals surface area contributed by atoms with Gasteiger partial charge in [0, 0.05) is 12.7 Å². The number of rotatable bonds is 3. The summed E-state index contributed by atoms with van der Waals surface area (Å²) in [5.41, 5.74) is 10.4. The molecule has 1 aliphatic rings. The molecule has 130 valence electrons. The quantitative estimate of drug-likeness (QED) is 0.935. The van der Waals surface area contributed by atoms with Crippen molar-refractivity contribution in [3.05, 3.63) is 64.0 Å². The molecule has 2 heterocycles. The zero-order valence-electron chi connectivity index (χ0n) is 14.9. The van der Waals surface area contributed by atoms with E-state index in [1.165, 1.54) is 22.9 Å². The van der Waals surface area contributed by atoms with Gasteiger partial charge in [0.05, 0.1) is 11.6 Å². The van der Waals surface area contributed by atoms with Gasteiger partial charge in [0.15, 0.2) is 0 Å². The summed E-state index contributed by atoms with van der Waals surface area (Å²) < 4.78 is 0. The number of nitrogens with zero attached hydrogens (tertiary/aromatic N) is 2. The van der Waals surface area contributed by atoms with E-state index in [2.05, 4.69) is 31.0 Å². The summed E-state index contributed by atoms with van der Waals surface area (Å²) in [6.45, 7) is 6.68. The van der Waals surface area contributed by atoms with Crippen LogP contribution >= 0.6 is 0 Å². The zero-order chi connectivity index (χ0) is 18.1. The van der Waals surface area contributed by atoms with Crippen LogP contribution in [0.5, 0.6) is 0 Å². The van der Waals surface area contributed by atoms with Gasteiger partial charge in [-0.3, -0.25) is 14.6 Å². The minimum atomic E-state index is -0.529. The Bertz CT molecular complexity index is 845. The van der Waals surface area contributed by atoms with Gasteiger partial charge in [-0.15, -0.1) is 0 Å². The van der Waals surface area contributed by atoms with Crippen molar-refractivity contribution in [2.24, 2.45) is 5.73 Å². The molecule has 5 heteroatoms. The van der Waals surface area contributed by atoms with Gasteiger partial charge in [0.1, 0.15) is 5.69 Å². The third-order valence-corrected chi connectivity index (χ3v) is 5.11. The van der Waals surface area contributed by atoms with Gasteiger partial charge >= 0.3 is 0 Å². The van der Waals surface area contributed by atoms with Crippen molar-refractivity contribution < 1.29 is 9.59 Å². The number of nitrogens with two attached hydrogens (primary N) is 1. The highest BCUT2D eigenvalue weighted by Gasteiger charge is 2.32. The first-order valence-corrected chi connectivity index (χ1v) is 8.53. The van der Waals surface area contributed by atoms with E-state index < -0.39 is 5.91 Å². The van der Waals surface area contributed by atoms with Gasteiger partial charge in [-0.05, 0) is 61.9 Å². The summed E-state index contributed by atoms with van der Waals surface area (Å²) >= 11 is 0. The Morgan fingerprint density at radius 1 is 1.20 bits per heavy atom. The Kier molecular flexibility index (Phi) is 4.57. The van der Waals surface area contributed by atoms with Gasteiger partial charge in [0.2, 0.25) is 0 Å². The number of aryl methyl sites for hydroxylation is 2. The maximum atomic E-state index is 13.0. The number of amides is 2. The normalized spacial score (nSPS) is 16.9. The monoisotopic (exact) mass is 337 g/mol. The number of aromatic nitrogens is 1. The Balaban J connectivity index is 1.92. The smallest absolute Gasteiger partial charge is 0.272 e. The van der Waals surface area contributed by atoms with Crippen LogP contribution in [0.2, 0.25) is 0 Å². The number of carbonyl (C=O) groups excluding carboxylic acids is 2. The fourth-order valence-corrected chi connectivity index (χ4v) is 3.55. The molecule has 2 amide bonds. The molecular weight excluding hydrogens is 314 g/mol. The Morgan fingerprint density at radius 3 is 2.64 bits per heavy atom. The van der Waals surface area contributed by atoms with Crippen LogP contribution in [0.1, 0.15) is 62.0 Å². The molecule has 1 fully saturated rings. The van der Waals surface area contributed by atoms with Crippen LogP contribution in [-0.4, -0.2) is 28.2 Å². The molecule has 1 aliphatic heterocycles. The van der Waals surface area contributed by atoms with Gasteiger partial charge < -0.3 is 10.6 Å². The molecule has 2 N–H and O–H groups in total. The molecule has 3 rings (SSSR count). The van der Waals surface area contributed by atoms with Crippen molar-refractivity contribution >= 4 is 11.8 Å². The number of carbonyl (C=O) groups is 2. The Labute approximate surface area is 147 Å². The maximum Gasteiger partial charge on any atom is 0.272 e. The highest BCUT2D eigenvalue weighted by molar-refractivity contribution is 5.97. The second kappa shape index (κ2) is 6.67. The minimum absolute atomic E-state index is 0.0744. The minimum Gasteiger partial charge on any atom is -0.366 e. The number of likely N-dealkylation sites (tertiary alicyclic amines) is 1. The third kappa shape index (κ3) is 3.14. The van der Waals surface area contributed by atoms with Crippen molar-refractivity contribution in [2.75, 3.05) is 6.54 Å². The van der Waals surface area contributed by atoms with E-state index in [9.17, 15) is 9.59 Å². The second-order valence-corrected chi connectivity index (χ2v) is 6.69. The molecule has 1 aromatic carbocycles. The van der Waals surface area contributed by atoms with Gasteiger partial charge in [-0.25, -0.2) is 0 Å². The van der Waals surface area contributed by atoms with Crippen molar-refractivity contribution in [1.82, 2.24) is 9.88 Å².